The highest BCUT2D eigenvalue weighted by molar-refractivity contribution is 6.33. The summed E-state index contributed by atoms with van der Waals surface area (Å²) in [4.78, 5) is 46.1. The fraction of sp³-hybridized carbons (Fsp3) is 0.0500. The predicted molar refractivity (Wildman–Crippen MR) is 104 cm³/mol. The largest absolute Gasteiger partial charge is 0.339 e. The van der Waals surface area contributed by atoms with Crippen molar-refractivity contribution in [3.63, 3.8) is 0 Å². The SMILES string of the molecule is O=C(Nc1ccccc1)C1C(=O)c2c(Nc3ccccc3)ncnc2N(O)C1=O. The number of nitrogens with zero attached hydrogens (tertiary/aromatic N) is 3. The Bertz CT molecular complexity index is 1090. The molecule has 0 saturated carbocycles. The first-order valence-corrected chi connectivity index (χ1v) is 8.66. The van der Waals surface area contributed by atoms with Crippen LogP contribution in [0.1, 0.15) is 10.4 Å². The normalized spacial score (nSPS) is 15.6. The van der Waals surface area contributed by atoms with Crippen molar-refractivity contribution in [2.24, 2.45) is 5.92 Å². The molecule has 2 heterocycles. The summed E-state index contributed by atoms with van der Waals surface area (Å²) in [5.74, 6) is -4.71. The number of Topliss-reactive ketones (excluding diaryl/α,β-unsaturated/α-hetero) is 1. The van der Waals surface area contributed by atoms with Crippen LogP contribution in [-0.4, -0.2) is 32.8 Å². The number of hydrogen-bond acceptors (Lipinski definition) is 7. The minimum absolute atomic E-state index is 0.0789. The first kappa shape index (κ1) is 18.3. The number of ketones is 1. The molecule has 0 spiro atoms. The Morgan fingerprint density at radius 1 is 0.931 bits per heavy atom. The van der Waals surface area contributed by atoms with Crippen LogP contribution in [0.4, 0.5) is 23.0 Å². The van der Waals surface area contributed by atoms with Gasteiger partial charge >= 0.3 is 0 Å². The topological polar surface area (TPSA) is 125 Å². The average Bonchev–Trinajstić information content (AvgIpc) is 2.73. The zero-order chi connectivity index (χ0) is 20.4. The molecule has 1 aromatic heterocycles. The smallest absolute Gasteiger partial charge is 0.272 e. The average molecular weight is 389 g/mol. The summed E-state index contributed by atoms with van der Waals surface area (Å²) in [6, 6.07) is 17.3. The molecule has 9 heteroatoms. The van der Waals surface area contributed by atoms with Gasteiger partial charge in [0.15, 0.2) is 17.5 Å². The summed E-state index contributed by atoms with van der Waals surface area (Å²) in [6.07, 6.45) is 1.11. The molecule has 3 N–H and O–H groups in total. The molecule has 1 aliphatic heterocycles. The van der Waals surface area contributed by atoms with E-state index in [2.05, 4.69) is 20.6 Å². The van der Waals surface area contributed by atoms with E-state index in [9.17, 15) is 19.6 Å². The van der Waals surface area contributed by atoms with Crippen LogP contribution in [0.25, 0.3) is 0 Å². The second-order valence-corrected chi connectivity index (χ2v) is 6.21. The highest BCUT2D eigenvalue weighted by Crippen LogP contribution is 2.33. The Morgan fingerprint density at radius 2 is 1.55 bits per heavy atom. The van der Waals surface area contributed by atoms with Gasteiger partial charge < -0.3 is 10.6 Å². The summed E-state index contributed by atoms with van der Waals surface area (Å²) < 4.78 is 0. The lowest BCUT2D eigenvalue weighted by Gasteiger charge is -2.27. The van der Waals surface area contributed by atoms with Crippen molar-refractivity contribution in [2.75, 3.05) is 15.7 Å². The molecule has 0 radical (unpaired) electrons. The first-order valence-electron chi connectivity index (χ1n) is 8.66. The highest BCUT2D eigenvalue weighted by atomic mass is 16.5. The number of fused-ring (bicyclic) bond motifs is 1. The fourth-order valence-electron chi connectivity index (χ4n) is 2.97. The van der Waals surface area contributed by atoms with E-state index in [1.165, 1.54) is 0 Å². The number of hydrogen-bond donors (Lipinski definition) is 3. The Hall–Kier alpha value is -4.11. The van der Waals surface area contributed by atoms with Crippen molar-refractivity contribution < 1.29 is 19.6 Å². The van der Waals surface area contributed by atoms with Crippen LogP contribution in [0.3, 0.4) is 0 Å². The number of hydroxylamine groups is 1. The van der Waals surface area contributed by atoms with Crippen LogP contribution in [-0.2, 0) is 9.59 Å². The molecule has 144 valence electrons. The van der Waals surface area contributed by atoms with E-state index >= 15 is 0 Å². The molecular weight excluding hydrogens is 374 g/mol. The Morgan fingerprint density at radius 3 is 2.21 bits per heavy atom. The summed E-state index contributed by atoms with van der Waals surface area (Å²) >= 11 is 0. The molecule has 9 nitrogen and oxygen atoms in total. The van der Waals surface area contributed by atoms with E-state index in [0.29, 0.717) is 11.4 Å². The molecule has 2 amide bonds. The fourth-order valence-corrected chi connectivity index (χ4v) is 2.97. The van der Waals surface area contributed by atoms with Crippen LogP contribution < -0.4 is 15.7 Å². The number of para-hydroxylation sites is 2. The summed E-state index contributed by atoms with van der Waals surface area (Å²) in [7, 11) is 0. The number of carbonyl (C=O) groups excluding carboxylic acids is 3. The van der Waals surface area contributed by atoms with Gasteiger partial charge in [0.2, 0.25) is 5.91 Å². The van der Waals surface area contributed by atoms with E-state index in [-0.39, 0.29) is 22.3 Å². The van der Waals surface area contributed by atoms with Crippen molar-refractivity contribution in [1.82, 2.24) is 9.97 Å². The van der Waals surface area contributed by atoms with Crippen molar-refractivity contribution in [3.05, 3.63) is 72.6 Å². The summed E-state index contributed by atoms with van der Waals surface area (Å²) in [5, 5.41) is 15.9. The molecular formula is C20H15N5O4. The van der Waals surface area contributed by atoms with Crippen molar-refractivity contribution >= 4 is 40.6 Å². The second kappa shape index (κ2) is 7.49. The number of aromatic nitrogens is 2. The molecule has 1 aliphatic rings. The molecule has 3 aromatic rings. The Kier molecular flexibility index (Phi) is 4.71. The van der Waals surface area contributed by atoms with Gasteiger partial charge in [-0.15, -0.1) is 0 Å². The molecule has 0 fully saturated rings. The quantitative estimate of drug-likeness (QED) is 0.462. The molecule has 29 heavy (non-hydrogen) atoms. The number of carbonyl (C=O) groups is 3. The third-order valence-corrected chi connectivity index (χ3v) is 4.33. The standard InChI is InChI=1S/C20H15N5O4/c26-16-14-17(23-12-7-3-1-4-8-12)21-11-22-18(14)25(29)20(28)15(16)19(27)24-13-9-5-2-6-10-13/h1-11,15,29H,(H,24,27)(H,21,22,23). The third-order valence-electron chi connectivity index (χ3n) is 4.33. The molecule has 0 aliphatic carbocycles. The summed E-state index contributed by atoms with van der Waals surface area (Å²) in [6.45, 7) is 0. The number of benzene rings is 2. The van der Waals surface area contributed by atoms with Crippen LogP contribution in [0.5, 0.6) is 0 Å². The van der Waals surface area contributed by atoms with Crippen LogP contribution in [0.15, 0.2) is 67.0 Å². The lowest BCUT2D eigenvalue weighted by atomic mass is 9.92. The number of anilines is 4. The van der Waals surface area contributed by atoms with Gasteiger partial charge in [-0.25, -0.2) is 9.97 Å². The van der Waals surface area contributed by atoms with Gasteiger partial charge in [-0.3, -0.25) is 19.6 Å². The van der Waals surface area contributed by atoms with Crippen LogP contribution >= 0.6 is 0 Å². The zero-order valence-electron chi connectivity index (χ0n) is 14.9. The molecule has 0 saturated heterocycles. The minimum Gasteiger partial charge on any atom is -0.339 e. The molecule has 2 aromatic carbocycles. The van der Waals surface area contributed by atoms with Gasteiger partial charge in [-0.1, -0.05) is 36.4 Å². The maximum atomic E-state index is 13.1. The van der Waals surface area contributed by atoms with Crippen molar-refractivity contribution in [3.8, 4) is 0 Å². The number of amides is 2. The van der Waals surface area contributed by atoms with E-state index in [4.69, 9.17) is 0 Å². The van der Waals surface area contributed by atoms with Crippen molar-refractivity contribution in [2.45, 2.75) is 0 Å². The summed E-state index contributed by atoms with van der Waals surface area (Å²) in [5.41, 5.74) is 0.903. The molecule has 4 rings (SSSR count). The highest BCUT2D eigenvalue weighted by Gasteiger charge is 2.46. The Labute approximate surface area is 165 Å². The number of rotatable bonds is 4. The zero-order valence-corrected chi connectivity index (χ0v) is 14.9. The van der Waals surface area contributed by atoms with E-state index in [1.54, 1.807) is 54.6 Å². The maximum absolute atomic E-state index is 13.1. The first-order chi connectivity index (χ1) is 14.1. The van der Waals surface area contributed by atoms with Crippen LogP contribution in [0.2, 0.25) is 0 Å². The van der Waals surface area contributed by atoms with Gasteiger partial charge in [0, 0.05) is 11.4 Å². The minimum atomic E-state index is -1.77. The lowest BCUT2D eigenvalue weighted by molar-refractivity contribution is -0.132. The van der Waals surface area contributed by atoms with Gasteiger partial charge in [0.1, 0.15) is 17.7 Å². The van der Waals surface area contributed by atoms with Gasteiger partial charge in [0.05, 0.1) is 0 Å². The molecule has 0 bridgehead atoms. The van der Waals surface area contributed by atoms with Gasteiger partial charge in [-0.2, -0.15) is 5.06 Å². The van der Waals surface area contributed by atoms with Gasteiger partial charge in [0.25, 0.3) is 5.91 Å². The predicted octanol–water partition coefficient (Wildman–Crippen LogP) is 2.39. The second-order valence-electron chi connectivity index (χ2n) is 6.21. The van der Waals surface area contributed by atoms with E-state index < -0.39 is 23.5 Å². The molecule has 1 unspecified atom stereocenters. The van der Waals surface area contributed by atoms with E-state index in [1.807, 2.05) is 6.07 Å². The van der Waals surface area contributed by atoms with Crippen LogP contribution in [0, 0.1) is 5.92 Å². The molecule has 1 atom stereocenters. The number of nitrogens with one attached hydrogen (secondary N) is 2. The monoisotopic (exact) mass is 389 g/mol. The third kappa shape index (κ3) is 3.42. The maximum Gasteiger partial charge on any atom is 0.272 e. The Balaban J connectivity index is 1.70. The van der Waals surface area contributed by atoms with E-state index in [0.717, 1.165) is 6.33 Å². The van der Waals surface area contributed by atoms with Crippen molar-refractivity contribution in [1.29, 1.82) is 0 Å². The van der Waals surface area contributed by atoms with Gasteiger partial charge in [-0.05, 0) is 24.3 Å². The lowest BCUT2D eigenvalue weighted by Crippen LogP contribution is -2.49.